The topological polar surface area (TPSA) is 15.6 Å². The van der Waals surface area contributed by atoms with Crippen molar-refractivity contribution in [2.75, 3.05) is 4.90 Å². The van der Waals surface area contributed by atoms with Gasteiger partial charge in [-0.15, -0.1) is 0 Å². The van der Waals surface area contributed by atoms with Crippen LogP contribution in [0, 0.1) is 0 Å². The van der Waals surface area contributed by atoms with Gasteiger partial charge in [0, 0.05) is 11.7 Å². The molecule has 2 rings (SSSR count). The molecule has 0 saturated carbocycles. The zero-order chi connectivity index (χ0) is 13.9. The molecule has 0 spiro atoms. The number of nitrogens with zero attached hydrogens (tertiary/aromatic N) is 2. The van der Waals surface area contributed by atoms with Gasteiger partial charge in [-0.25, -0.2) is 0 Å². The molecular formula is C17H26N2. The lowest BCUT2D eigenvalue weighted by Crippen LogP contribution is -2.31. The van der Waals surface area contributed by atoms with E-state index in [4.69, 9.17) is 4.99 Å². The van der Waals surface area contributed by atoms with Gasteiger partial charge >= 0.3 is 0 Å². The van der Waals surface area contributed by atoms with Gasteiger partial charge in [-0.05, 0) is 45.2 Å². The molecular weight excluding hydrogens is 232 g/mol. The van der Waals surface area contributed by atoms with E-state index in [-0.39, 0.29) is 5.54 Å². The maximum absolute atomic E-state index is 4.70. The Morgan fingerprint density at radius 3 is 2.74 bits per heavy atom. The number of unbranched alkanes of at least 4 members (excludes halogenated alkanes) is 1. The Morgan fingerprint density at radius 1 is 1.32 bits per heavy atom. The van der Waals surface area contributed by atoms with Crippen LogP contribution >= 0.6 is 0 Å². The van der Waals surface area contributed by atoms with Gasteiger partial charge in [0.25, 0.3) is 0 Å². The fourth-order valence-corrected chi connectivity index (χ4v) is 2.56. The van der Waals surface area contributed by atoms with Gasteiger partial charge in [0.1, 0.15) is 0 Å². The quantitative estimate of drug-likeness (QED) is 0.576. The maximum Gasteiger partial charge on any atom is 0.0903 e. The third kappa shape index (κ3) is 3.59. The fourth-order valence-electron chi connectivity index (χ4n) is 2.56. The molecule has 1 unspecified atom stereocenters. The Labute approximate surface area is 117 Å². The summed E-state index contributed by atoms with van der Waals surface area (Å²) >= 11 is 0. The highest BCUT2D eigenvalue weighted by Gasteiger charge is 2.27. The van der Waals surface area contributed by atoms with E-state index in [1.165, 1.54) is 30.5 Å². The molecule has 2 nitrogen and oxygen atoms in total. The standard InChI is InChI=1S/C17H26N2/c1-5-6-10-15-12-14-9-7-8-11-16(14)19(15)13-18-17(2,3)4/h7-9,11,13,15H,5-6,10,12H2,1-4H3. The number of rotatable bonds is 4. The van der Waals surface area contributed by atoms with Crippen molar-refractivity contribution in [3.8, 4) is 0 Å². The summed E-state index contributed by atoms with van der Waals surface area (Å²) in [7, 11) is 0. The van der Waals surface area contributed by atoms with Crippen molar-refractivity contribution in [3.63, 3.8) is 0 Å². The van der Waals surface area contributed by atoms with Crippen molar-refractivity contribution in [1.29, 1.82) is 0 Å². The summed E-state index contributed by atoms with van der Waals surface area (Å²) in [6.45, 7) is 8.70. The number of aliphatic imine (C=N–C) groups is 1. The minimum Gasteiger partial charge on any atom is -0.329 e. The molecule has 0 fully saturated rings. The first-order valence-electron chi connectivity index (χ1n) is 7.43. The van der Waals surface area contributed by atoms with E-state index in [2.05, 4.69) is 63.2 Å². The largest absolute Gasteiger partial charge is 0.329 e. The first kappa shape index (κ1) is 14.1. The highest BCUT2D eigenvalue weighted by atomic mass is 15.2. The van der Waals surface area contributed by atoms with Crippen LogP contribution in [0.1, 0.15) is 52.5 Å². The maximum atomic E-state index is 4.70. The summed E-state index contributed by atoms with van der Waals surface area (Å²) in [6, 6.07) is 9.32. The SMILES string of the molecule is CCCCC1Cc2ccccc2N1C=NC(C)(C)C. The van der Waals surface area contributed by atoms with Crippen molar-refractivity contribution < 1.29 is 0 Å². The van der Waals surface area contributed by atoms with Crippen LogP contribution in [0.15, 0.2) is 29.3 Å². The van der Waals surface area contributed by atoms with Crippen LogP contribution in [-0.2, 0) is 6.42 Å². The van der Waals surface area contributed by atoms with Crippen molar-refractivity contribution >= 4 is 12.0 Å². The summed E-state index contributed by atoms with van der Waals surface area (Å²) in [4.78, 5) is 7.08. The van der Waals surface area contributed by atoms with Gasteiger partial charge in [-0.3, -0.25) is 4.99 Å². The van der Waals surface area contributed by atoms with E-state index in [9.17, 15) is 0 Å². The molecule has 104 valence electrons. The highest BCUT2D eigenvalue weighted by Crippen LogP contribution is 2.33. The fraction of sp³-hybridized carbons (Fsp3) is 0.588. The molecule has 0 N–H and O–H groups in total. The highest BCUT2D eigenvalue weighted by molar-refractivity contribution is 5.84. The van der Waals surface area contributed by atoms with E-state index in [0.29, 0.717) is 6.04 Å². The van der Waals surface area contributed by atoms with Gasteiger partial charge in [-0.1, -0.05) is 38.0 Å². The normalized spacial score (nSPS) is 19.2. The molecule has 19 heavy (non-hydrogen) atoms. The zero-order valence-electron chi connectivity index (χ0n) is 12.7. The van der Waals surface area contributed by atoms with Crippen LogP contribution in [0.2, 0.25) is 0 Å². The molecule has 0 aromatic heterocycles. The van der Waals surface area contributed by atoms with Crippen LogP contribution in [-0.4, -0.2) is 17.9 Å². The van der Waals surface area contributed by atoms with E-state index in [1.807, 2.05) is 0 Å². The minimum atomic E-state index is -0.00710. The predicted octanol–water partition coefficient (Wildman–Crippen LogP) is 4.43. The van der Waals surface area contributed by atoms with E-state index in [0.717, 1.165) is 6.42 Å². The molecule has 1 aliphatic heterocycles. The second-order valence-corrected chi connectivity index (χ2v) is 6.45. The van der Waals surface area contributed by atoms with Crippen LogP contribution in [0.4, 0.5) is 5.69 Å². The lowest BCUT2D eigenvalue weighted by atomic mass is 10.1. The number of fused-ring (bicyclic) bond motifs is 1. The van der Waals surface area contributed by atoms with Gasteiger partial charge in [0.2, 0.25) is 0 Å². The number of para-hydroxylation sites is 1. The lowest BCUT2D eigenvalue weighted by Gasteiger charge is -2.24. The number of hydrogen-bond donors (Lipinski definition) is 0. The Balaban J connectivity index is 2.21. The zero-order valence-corrected chi connectivity index (χ0v) is 12.7. The Morgan fingerprint density at radius 2 is 2.05 bits per heavy atom. The summed E-state index contributed by atoms with van der Waals surface area (Å²) in [5.41, 5.74) is 2.80. The van der Waals surface area contributed by atoms with Crippen LogP contribution in [0.5, 0.6) is 0 Å². The van der Waals surface area contributed by atoms with Crippen molar-refractivity contribution in [2.45, 2.75) is 65.0 Å². The van der Waals surface area contributed by atoms with E-state index in [1.54, 1.807) is 0 Å². The van der Waals surface area contributed by atoms with Crippen molar-refractivity contribution in [3.05, 3.63) is 29.8 Å². The molecule has 1 aliphatic rings. The summed E-state index contributed by atoms with van der Waals surface area (Å²) in [5, 5.41) is 0. The molecule has 1 heterocycles. The number of hydrogen-bond acceptors (Lipinski definition) is 1. The smallest absolute Gasteiger partial charge is 0.0903 e. The Bertz CT molecular complexity index is 443. The third-order valence-electron chi connectivity index (χ3n) is 3.58. The monoisotopic (exact) mass is 258 g/mol. The second kappa shape index (κ2) is 5.77. The number of benzene rings is 1. The minimum absolute atomic E-state index is 0.00710. The molecule has 0 saturated heterocycles. The van der Waals surface area contributed by atoms with Crippen LogP contribution < -0.4 is 4.90 Å². The molecule has 0 amide bonds. The first-order chi connectivity index (χ1) is 9.01. The Kier molecular flexibility index (Phi) is 4.28. The molecule has 1 aromatic rings. The lowest BCUT2D eigenvalue weighted by molar-refractivity contribution is 0.572. The van der Waals surface area contributed by atoms with Gasteiger partial charge in [0.15, 0.2) is 0 Å². The van der Waals surface area contributed by atoms with Crippen molar-refractivity contribution in [2.24, 2.45) is 4.99 Å². The predicted molar refractivity (Wildman–Crippen MR) is 84.2 cm³/mol. The summed E-state index contributed by atoms with van der Waals surface area (Å²) in [6.07, 6.45) is 7.02. The summed E-state index contributed by atoms with van der Waals surface area (Å²) < 4.78 is 0. The van der Waals surface area contributed by atoms with Gasteiger partial charge < -0.3 is 4.90 Å². The molecule has 0 bridgehead atoms. The molecule has 0 radical (unpaired) electrons. The van der Waals surface area contributed by atoms with Crippen molar-refractivity contribution in [1.82, 2.24) is 0 Å². The third-order valence-corrected chi connectivity index (χ3v) is 3.58. The van der Waals surface area contributed by atoms with E-state index >= 15 is 0 Å². The first-order valence-corrected chi connectivity index (χ1v) is 7.43. The molecule has 2 heteroatoms. The molecule has 0 aliphatic carbocycles. The average Bonchev–Trinajstić information content (AvgIpc) is 2.70. The Hall–Kier alpha value is -1.31. The number of anilines is 1. The van der Waals surface area contributed by atoms with Crippen LogP contribution in [0.3, 0.4) is 0 Å². The summed E-state index contributed by atoms with van der Waals surface area (Å²) in [5.74, 6) is 0. The van der Waals surface area contributed by atoms with Crippen LogP contribution in [0.25, 0.3) is 0 Å². The molecule has 1 atom stereocenters. The molecule has 1 aromatic carbocycles. The van der Waals surface area contributed by atoms with Gasteiger partial charge in [-0.2, -0.15) is 0 Å². The van der Waals surface area contributed by atoms with Gasteiger partial charge in [0.05, 0.1) is 11.9 Å². The second-order valence-electron chi connectivity index (χ2n) is 6.45. The van der Waals surface area contributed by atoms with E-state index < -0.39 is 0 Å². The average molecular weight is 258 g/mol.